The maximum absolute atomic E-state index is 11.3. The Morgan fingerprint density at radius 1 is 1.24 bits per heavy atom. The summed E-state index contributed by atoms with van der Waals surface area (Å²) in [6.45, 7) is 7.56. The second-order valence-corrected chi connectivity index (χ2v) is 8.51. The zero-order valence-electron chi connectivity index (χ0n) is 14.9. The number of aryl methyl sites for hydroxylation is 1. The molecule has 25 heavy (non-hydrogen) atoms. The summed E-state index contributed by atoms with van der Waals surface area (Å²) in [4.78, 5) is 15.1. The molecule has 0 unspecified atom stereocenters. The summed E-state index contributed by atoms with van der Waals surface area (Å²) >= 11 is 0. The molecule has 1 saturated heterocycles. The first kappa shape index (κ1) is 19.5. The monoisotopic (exact) mass is 371 g/mol. The van der Waals surface area contributed by atoms with Gasteiger partial charge in [-0.1, -0.05) is 0 Å². The predicted octanol–water partition coefficient (Wildman–Crippen LogP) is 1.47. The molecule has 0 aliphatic carbocycles. The van der Waals surface area contributed by atoms with E-state index in [0.29, 0.717) is 13.2 Å². The van der Waals surface area contributed by atoms with Crippen molar-refractivity contribution in [2.75, 3.05) is 56.2 Å². The molecule has 0 saturated carbocycles. The van der Waals surface area contributed by atoms with Crippen LogP contribution in [0.2, 0.25) is 0 Å². The molecule has 0 radical (unpaired) electrons. The van der Waals surface area contributed by atoms with E-state index < -0.39 is 14.8 Å². The number of ether oxygens (including phenoxy) is 1. The zero-order chi connectivity index (χ0) is 18.6. The maximum atomic E-state index is 11.3. The number of rotatable bonds is 7. The third-order valence-corrected chi connectivity index (χ3v) is 5.19. The first-order chi connectivity index (χ1) is 11.7. The van der Waals surface area contributed by atoms with Gasteiger partial charge in [-0.3, -0.25) is 15.0 Å². The fourth-order valence-corrected chi connectivity index (χ4v) is 3.51. The number of nitrogens with zero attached hydrogens (tertiary/aromatic N) is 3. The summed E-state index contributed by atoms with van der Waals surface area (Å²) in [6, 6.07) is 3.29. The van der Waals surface area contributed by atoms with Gasteiger partial charge in [0.1, 0.15) is 9.84 Å². The predicted molar refractivity (Wildman–Crippen MR) is 97.4 cm³/mol. The quantitative estimate of drug-likeness (QED) is 0.529. The molecule has 1 aliphatic heterocycles. The van der Waals surface area contributed by atoms with E-state index in [4.69, 9.17) is 4.74 Å². The minimum absolute atomic E-state index is 0.0186. The molecular formula is C16H25N3O5S. The lowest BCUT2D eigenvalue weighted by Crippen LogP contribution is -2.47. The van der Waals surface area contributed by atoms with Crippen LogP contribution in [0.5, 0.6) is 5.75 Å². The Bertz CT molecular complexity index is 728. The molecule has 1 fully saturated rings. The van der Waals surface area contributed by atoms with Crippen molar-refractivity contribution in [3.8, 4) is 5.75 Å². The van der Waals surface area contributed by atoms with Crippen molar-refractivity contribution in [2.45, 2.75) is 13.8 Å². The molecule has 8 nitrogen and oxygen atoms in total. The summed E-state index contributed by atoms with van der Waals surface area (Å²) in [5, 5.41) is 11.2. The van der Waals surface area contributed by atoms with Crippen LogP contribution in [0, 0.1) is 17.0 Å². The highest BCUT2D eigenvalue weighted by Crippen LogP contribution is 2.35. The van der Waals surface area contributed by atoms with Gasteiger partial charge in [-0.25, -0.2) is 8.42 Å². The molecule has 2 rings (SSSR count). The molecule has 0 N–H and O–H groups in total. The molecule has 0 aromatic heterocycles. The van der Waals surface area contributed by atoms with Crippen LogP contribution in [-0.2, 0) is 9.84 Å². The Morgan fingerprint density at radius 2 is 1.88 bits per heavy atom. The van der Waals surface area contributed by atoms with Crippen molar-refractivity contribution < 1.29 is 18.1 Å². The van der Waals surface area contributed by atoms with Crippen LogP contribution < -0.4 is 9.64 Å². The van der Waals surface area contributed by atoms with E-state index >= 15 is 0 Å². The Hall–Kier alpha value is -1.87. The van der Waals surface area contributed by atoms with Gasteiger partial charge in [0, 0.05) is 56.8 Å². The Kier molecular flexibility index (Phi) is 6.23. The summed E-state index contributed by atoms with van der Waals surface area (Å²) in [6.07, 6.45) is 1.25. The van der Waals surface area contributed by atoms with Gasteiger partial charge in [0.05, 0.1) is 17.3 Å². The number of piperazine rings is 1. The fraction of sp³-hybridized carbons (Fsp3) is 0.625. The van der Waals surface area contributed by atoms with Crippen molar-refractivity contribution in [3.63, 3.8) is 0 Å². The van der Waals surface area contributed by atoms with Crippen molar-refractivity contribution in [3.05, 3.63) is 27.8 Å². The minimum atomic E-state index is -2.96. The van der Waals surface area contributed by atoms with E-state index in [-0.39, 0.29) is 17.2 Å². The Balaban J connectivity index is 2.10. The van der Waals surface area contributed by atoms with Gasteiger partial charge in [0.25, 0.3) is 0 Å². The fourth-order valence-electron chi connectivity index (χ4n) is 2.92. The number of anilines is 1. The lowest BCUT2D eigenvalue weighted by atomic mass is 10.1. The van der Waals surface area contributed by atoms with Gasteiger partial charge in [-0.2, -0.15) is 0 Å². The van der Waals surface area contributed by atoms with E-state index in [1.165, 1.54) is 6.26 Å². The Labute approximate surface area is 148 Å². The SMILES string of the molecule is CCOc1cc(N2CCN(CCS(C)(=O)=O)CC2)c(C)cc1[N+](=O)[O-]. The molecule has 9 heteroatoms. The van der Waals surface area contributed by atoms with Gasteiger partial charge < -0.3 is 9.64 Å². The molecule has 1 heterocycles. The number of sulfone groups is 1. The molecule has 0 atom stereocenters. The molecule has 0 spiro atoms. The van der Waals surface area contributed by atoms with Gasteiger partial charge >= 0.3 is 5.69 Å². The van der Waals surface area contributed by atoms with Gasteiger partial charge in [-0.15, -0.1) is 0 Å². The van der Waals surface area contributed by atoms with Crippen LogP contribution in [0.1, 0.15) is 12.5 Å². The largest absolute Gasteiger partial charge is 0.487 e. The van der Waals surface area contributed by atoms with E-state index in [1.807, 2.05) is 6.92 Å². The molecule has 140 valence electrons. The molecule has 1 aromatic rings. The lowest BCUT2D eigenvalue weighted by Gasteiger charge is -2.36. The van der Waals surface area contributed by atoms with Crippen LogP contribution in [0.3, 0.4) is 0 Å². The third-order valence-electron chi connectivity index (χ3n) is 4.27. The number of hydrogen-bond donors (Lipinski definition) is 0. The van der Waals surface area contributed by atoms with Crippen LogP contribution in [0.4, 0.5) is 11.4 Å². The maximum Gasteiger partial charge on any atom is 0.311 e. The molecule has 0 amide bonds. The van der Waals surface area contributed by atoms with E-state index in [1.54, 1.807) is 19.1 Å². The molecule has 1 aromatic carbocycles. The number of hydrogen-bond acceptors (Lipinski definition) is 7. The van der Waals surface area contributed by atoms with Crippen molar-refractivity contribution >= 4 is 21.2 Å². The van der Waals surface area contributed by atoms with E-state index in [0.717, 1.165) is 37.4 Å². The lowest BCUT2D eigenvalue weighted by molar-refractivity contribution is -0.385. The third kappa shape index (κ3) is 5.30. The second-order valence-electron chi connectivity index (χ2n) is 6.26. The first-order valence-corrected chi connectivity index (χ1v) is 10.3. The smallest absolute Gasteiger partial charge is 0.311 e. The molecular weight excluding hydrogens is 346 g/mol. The van der Waals surface area contributed by atoms with E-state index in [2.05, 4.69) is 9.80 Å². The average Bonchev–Trinajstić information content (AvgIpc) is 2.54. The highest BCUT2D eigenvalue weighted by molar-refractivity contribution is 7.90. The first-order valence-electron chi connectivity index (χ1n) is 8.28. The summed E-state index contributed by atoms with van der Waals surface area (Å²) in [5.41, 5.74) is 1.74. The summed E-state index contributed by atoms with van der Waals surface area (Å²) in [5.74, 6) is 0.450. The highest BCUT2D eigenvalue weighted by Gasteiger charge is 2.23. The van der Waals surface area contributed by atoms with Gasteiger partial charge in [0.15, 0.2) is 5.75 Å². The Morgan fingerprint density at radius 3 is 2.40 bits per heavy atom. The standard InChI is InChI=1S/C16H25N3O5S/c1-4-24-16-12-14(13(2)11-15(16)19(20)21)18-7-5-17(6-8-18)9-10-25(3,22)23/h11-12H,4-10H2,1-3H3. The summed E-state index contributed by atoms with van der Waals surface area (Å²) < 4.78 is 28.0. The van der Waals surface area contributed by atoms with Crippen LogP contribution in [0.25, 0.3) is 0 Å². The number of nitro groups is 1. The van der Waals surface area contributed by atoms with Gasteiger partial charge in [0.2, 0.25) is 0 Å². The number of benzene rings is 1. The van der Waals surface area contributed by atoms with Crippen molar-refractivity contribution in [1.82, 2.24) is 4.90 Å². The summed E-state index contributed by atoms with van der Waals surface area (Å²) in [7, 11) is -2.96. The van der Waals surface area contributed by atoms with Crippen molar-refractivity contribution in [2.24, 2.45) is 0 Å². The molecule has 1 aliphatic rings. The average molecular weight is 371 g/mol. The van der Waals surface area contributed by atoms with Crippen LogP contribution in [0.15, 0.2) is 12.1 Å². The van der Waals surface area contributed by atoms with Crippen LogP contribution in [-0.4, -0.2) is 69.6 Å². The van der Waals surface area contributed by atoms with Crippen molar-refractivity contribution in [1.29, 1.82) is 0 Å². The van der Waals surface area contributed by atoms with Gasteiger partial charge in [-0.05, 0) is 19.4 Å². The van der Waals surface area contributed by atoms with Crippen LogP contribution >= 0.6 is 0 Å². The normalized spacial score (nSPS) is 16.0. The zero-order valence-corrected chi connectivity index (χ0v) is 15.7. The highest BCUT2D eigenvalue weighted by atomic mass is 32.2. The number of nitro benzene ring substituents is 1. The minimum Gasteiger partial charge on any atom is -0.487 e. The second kappa shape index (κ2) is 8.01. The van der Waals surface area contributed by atoms with E-state index in [9.17, 15) is 18.5 Å². The molecule has 0 bridgehead atoms. The topological polar surface area (TPSA) is 93.0 Å².